The average molecular weight is 292 g/mol. The highest BCUT2D eigenvalue weighted by Crippen LogP contribution is 2.18. The summed E-state index contributed by atoms with van der Waals surface area (Å²) in [6.07, 6.45) is 5.02. The van der Waals surface area contributed by atoms with Gasteiger partial charge >= 0.3 is 0 Å². The fraction of sp³-hybridized carbons (Fsp3) is 0.118. The first-order valence-electron chi connectivity index (χ1n) is 7.05. The number of hydrogen-bond acceptors (Lipinski definition) is 3. The van der Waals surface area contributed by atoms with Crippen LogP contribution in [-0.4, -0.2) is 20.7 Å². The second-order valence-corrected chi connectivity index (χ2v) is 4.96. The highest BCUT2D eigenvalue weighted by Gasteiger charge is 2.11. The number of amides is 1. The number of nitrogens with zero attached hydrogens (tertiary/aromatic N) is 3. The van der Waals surface area contributed by atoms with E-state index in [0.717, 1.165) is 5.56 Å². The van der Waals surface area contributed by atoms with Crippen molar-refractivity contribution in [3.05, 3.63) is 78.2 Å². The van der Waals surface area contributed by atoms with Crippen molar-refractivity contribution in [2.75, 3.05) is 5.32 Å². The van der Waals surface area contributed by atoms with Gasteiger partial charge in [0.25, 0.3) is 5.91 Å². The minimum Gasteiger partial charge on any atom is -0.305 e. The molecule has 2 aromatic heterocycles. The zero-order valence-corrected chi connectivity index (χ0v) is 12.2. The molecule has 1 atom stereocenters. The van der Waals surface area contributed by atoms with Gasteiger partial charge in [0.1, 0.15) is 0 Å². The van der Waals surface area contributed by atoms with E-state index in [0.29, 0.717) is 11.4 Å². The smallest absolute Gasteiger partial charge is 0.258 e. The van der Waals surface area contributed by atoms with Crippen LogP contribution in [0.25, 0.3) is 0 Å². The van der Waals surface area contributed by atoms with Gasteiger partial charge in [-0.3, -0.25) is 14.5 Å². The lowest BCUT2D eigenvalue weighted by atomic mass is 10.1. The number of pyridine rings is 1. The van der Waals surface area contributed by atoms with Gasteiger partial charge in [-0.2, -0.15) is 5.10 Å². The second-order valence-electron chi connectivity index (χ2n) is 4.96. The summed E-state index contributed by atoms with van der Waals surface area (Å²) in [6.45, 7) is 2.06. The molecule has 110 valence electrons. The zero-order chi connectivity index (χ0) is 15.4. The molecule has 5 heteroatoms. The maximum atomic E-state index is 12.1. The zero-order valence-electron chi connectivity index (χ0n) is 12.2. The van der Waals surface area contributed by atoms with Crippen LogP contribution in [-0.2, 0) is 0 Å². The largest absolute Gasteiger partial charge is 0.305 e. The van der Waals surface area contributed by atoms with E-state index < -0.39 is 0 Å². The minimum atomic E-state index is -0.217. The van der Waals surface area contributed by atoms with Crippen molar-refractivity contribution in [2.45, 2.75) is 13.0 Å². The predicted octanol–water partition coefficient (Wildman–Crippen LogP) is 3.14. The molecule has 3 rings (SSSR count). The Morgan fingerprint density at radius 2 is 1.95 bits per heavy atom. The third kappa shape index (κ3) is 3.03. The summed E-state index contributed by atoms with van der Waals surface area (Å²) in [7, 11) is 0. The molecule has 0 bridgehead atoms. The SMILES string of the molecule is C[C@H](c1ccccc1)n1ccc(NC(=O)c2cccnc2)n1. The highest BCUT2D eigenvalue weighted by atomic mass is 16.1. The Labute approximate surface area is 128 Å². The number of benzene rings is 1. The summed E-state index contributed by atoms with van der Waals surface area (Å²) in [5, 5.41) is 7.19. The van der Waals surface area contributed by atoms with Gasteiger partial charge < -0.3 is 5.32 Å². The van der Waals surface area contributed by atoms with E-state index in [1.165, 1.54) is 6.20 Å². The maximum Gasteiger partial charge on any atom is 0.258 e. The van der Waals surface area contributed by atoms with Crippen molar-refractivity contribution in [2.24, 2.45) is 0 Å². The van der Waals surface area contributed by atoms with Gasteiger partial charge in [0.2, 0.25) is 0 Å². The van der Waals surface area contributed by atoms with E-state index in [4.69, 9.17) is 0 Å². The number of nitrogens with one attached hydrogen (secondary N) is 1. The normalized spacial score (nSPS) is 11.9. The molecule has 22 heavy (non-hydrogen) atoms. The highest BCUT2D eigenvalue weighted by molar-refractivity contribution is 6.03. The van der Waals surface area contributed by atoms with E-state index in [2.05, 4.69) is 34.5 Å². The topological polar surface area (TPSA) is 59.8 Å². The fourth-order valence-corrected chi connectivity index (χ4v) is 2.19. The molecule has 2 heterocycles. The maximum absolute atomic E-state index is 12.1. The number of carbonyl (C=O) groups excluding carboxylic acids is 1. The molecule has 0 saturated heterocycles. The number of rotatable bonds is 4. The molecular formula is C17H16N4O. The first-order valence-corrected chi connectivity index (χ1v) is 7.05. The Kier molecular flexibility index (Phi) is 3.96. The molecule has 0 fully saturated rings. The standard InChI is InChI=1S/C17H16N4O/c1-13(14-6-3-2-4-7-14)21-11-9-16(20-21)19-17(22)15-8-5-10-18-12-15/h2-13H,1H3,(H,19,20,22)/t13-/m1/s1. The van der Waals surface area contributed by atoms with Crippen LogP contribution in [0.1, 0.15) is 28.9 Å². The van der Waals surface area contributed by atoms with Crippen molar-refractivity contribution < 1.29 is 4.79 Å². The average Bonchev–Trinajstić information content (AvgIpc) is 3.04. The molecule has 0 unspecified atom stereocenters. The Hall–Kier alpha value is -2.95. The molecule has 1 amide bonds. The van der Waals surface area contributed by atoms with E-state index in [9.17, 15) is 4.79 Å². The molecule has 3 aromatic rings. The fourth-order valence-electron chi connectivity index (χ4n) is 2.19. The van der Waals surface area contributed by atoms with Gasteiger partial charge in [0, 0.05) is 24.7 Å². The van der Waals surface area contributed by atoms with Crippen LogP contribution in [0.3, 0.4) is 0 Å². The van der Waals surface area contributed by atoms with Gasteiger partial charge in [0.05, 0.1) is 11.6 Å². The lowest BCUT2D eigenvalue weighted by Crippen LogP contribution is -2.13. The van der Waals surface area contributed by atoms with Crippen LogP contribution in [0.2, 0.25) is 0 Å². The van der Waals surface area contributed by atoms with Crippen LogP contribution in [0.5, 0.6) is 0 Å². The van der Waals surface area contributed by atoms with Crippen molar-refractivity contribution >= 4 is 11.7 Å². The molecule has 1 N–H and O–H groups in total. The van der Waals surface area contributed by atoms with Crippen molar-refractivity contribution in [3.63, 3.8) is 0 Å². The lowest BCUT2D eigenvalue weighted by molar-refractivity contribution is 0.102. The third-order valence-corrected chi connectivity index (χ3v) is 3.45. The molecule has 0 radical (unpaired) electrons. The number of anilines is 1. The van der Waals surface area contributed by atoms with Crippen LogP contribution in [0.4, 0.5) is 5.82 Å². The Morgan fingerprint density at radius 3 is 2.68 bits per heavy atom. The quantitative estimate of drug-likeness (QED) is 0.803. The molecular weight excluding hydrogens is 276 g/mol. The Bertz CT molecular complexity index is 753. The van der Waals surface area contributed by atoms with E-state index in [-0.39, 0.29) is 11.9 Å². The molecule has 0 aliphatic carbocycles. The number of carbonyl (C=O) groups is 1. The van der Waals surface area contributed by atoms with Crippen LogP contribution in [0.15, 0.2) is 67.1 Å². The second kappa shape index (κ2) is 6.22. The van der Waals surface area contributed by atoms with Gasteiger partial charge in [0.15, 0.2) is 5.82 Å². The van der Waals surface area contributed by atoms with Gasteiger partial charge in [-0.15, -0.1) is 0 Å². The number of aromatic nitrogens is 3. The molecule has 0 spiro atoms. The van der Waals surface area contributed by atoms with Crippen molar-refractivity contribution in [1.29, 1.82) is 0 Å². The van der Waals surface area contributed by atoms with Crippen LogP contribution >= 0.6 is 0 Å². The summed E-state index contributed by atoms with van der Waals surface area (Å²) >= 11 is 0. The van der Waals surface area contributed by atoms with Crippen LogP contribution in [0, 0.1) is 0 Å². The van der Waals surface area contributed by atoms with Crippen molar-refractivity contribution in [3.8, 4) is 0 Å². The Balaban J connectivity index is 1.73. The van der Waals surface area contributed by atoms with Crippen molar-refractivity contribution in [1.82, 2.24) is 14.8 Å². The molecule has 1 aromatic carbocycles. The first-order chi connectivity index (χ1) is 10.7. The minimum absolute atomic E-state index is 0.102. The van der Waals surface area contributed by atoms with Gasteiger partial charge in [-0.05, 0) is 24.6 Å². The summed E-state index contributed by atoms with van der Waals surface area (Å²) in [5.41, 5.74) is 1.67. The molecule has 0 aliphatic rings. The first kappa shape index (κ1) is 14.0. The van der Waals surface area contributed by atoms with Crippen LogP contribution < -0.4 is 5.32 Å². The summed E-state index contributed by atoms with van der Waals surface area (Å²) in [5.74, 6) is 0.308. The molecule has 0 saturated carbocycles. The molecule has 0 aliphatic heterocycles. The summed E-state index contributed by atoms with van der Waals surface area (Å²) < 4.78 is 1.83. The van der Waals surface area contributed by atoms with Gasteiger partial charge in [-0.25, -0.2) is 0 Å². The lowest BCUT2D eigenvalue weighted by Gasteiger charge is -2.12. The van der Waals surface area contributed by atoms with Gasteiger partial charge in [-0.1, -0.05) is 30.3 Å². The van der Waals surface area contributed by atoms with E-state index >= 15 is 0 Å². The summed E-state index contributed by atoms with van der Waals surface area (Å²) in [4.78, 5) is 16.0. The molecule has 5 nitrogen and oxygen atoms in total. The predicted molar refractivity (Wildman–Crippen MR) is 84.7 cm³/mol. The van der Waals surface area contributed by atoms with E-state index in [1.54, 1.807) is 24.4 Å². The number of hydrogen-bond donors (Lipinski definition) is 1. The Morgan fingerprint density at radius 1 is 1.14 bits per heavy atom. The summed E-state index contributed by atoms with van der Waals surface area (Å²) in [6, 6.07) is 15.4. The monoisotopic (exact) mass is 292 g/mol. The van der Waals surface area contributed by atoms with E-state index in [1.807, 2.05) is 29.1 Å². The third-order valence-electron chi connectivity index (χ3n) is 3.45.